The van der Waals surface area contributed by atoms with Crippen LogP contribution in [-0.4, -0.2) is 5.78 Å². The third-order valence-electron chi connectivity index (χ3n) is 1.06. The van der Waals surface area contributed by atoms with E-state index >= 15 is 0 Å². The number of rotatable bonds is 1. The van der Waals surface area contributed by atoms with Gasteiger partial charge in [0.15, 0.2) is 5.78 Å². The van der Waals surface area contributed by atoms with Gasteiger partial charge in [-0.05, 0) is 23.4 Å². The Balaban J connectivity index is 2.73. The molecule has 0 saturated carbocycles. The van der Waals surface area contributed by atoms with E-state index in [1.165, 1.54) is 18.2 Å². The molecule has 0 saturated heterocycles. The molecule has 1 rings (SSSR count). The van der Waals surface area contributed by atoms with Crippen LogP contribution >= 0.6 is 0 Å². The first-order chi connectivity index (χ1) is 4.33. The number of ketones is 1. The van der Waals surface area contributed by atoms with Gasteiger partial charge in [0.1, 0.15) is 5.70 Å². The molecule has 0 N–H and O–H groups in total. The lowest BCUT2D eigenvalue weighted by molar-refractivity contribution is -0.113. The number of carbonyl (C=O) groups excluding carboxylic acids is 1. The maximum Gasteiger partial charge on any atom is 0.159 e. The second kappa shape index (κ2) is 2.35. The predicted octanol–water partition coefficient (Wildman–Crippen LogP) is 1.17. The Morgan fingerprint density at radius 1 is 1.44 bits per heavy atom. The molecule has 3 nitrogen and oxygen atoms in total. The number of hydrogen-bond donors (Lipinski definition) is 0. The molecule has 46 valence electrons. The first kappa shape index (κ1) is 5.88. The van der Waals surface area contributed by atoms with E-state index in [-0.39, 0.29) is 5.78 Å². The van der Waals surface area contributed by atoms with Crippen LogP contribution in [0.25, 0.3) is 0 Å². The molecule has 9 heavy (non-hydrogen) atoms. The van der Waals surface area contributed by atoms with Gasteiger partial charge in [-0.15, -0.1) is 4.91 Å². The molecular weight excluding hydrogens is 118 g/mol. The van der Waals surface area contributed by atoms with E-state index in [1.807, 2.05) is 0 Å². The molecule has 0 fully saturated rings. The fourth-order valence-electron chi connectivity index (χ4n) is 0.587. The first-order valence-corrected chi connectivity index (χ1v) is 2.57. The molecule has 3 heteroatoms. The summed E-state index contributed by atoms with van der Waals surface area (Å²) in [7, 11) is 0. The van der Waals surface area contributed by atoms with Crippen LogP contribution in [0.3, 0.4) is 0 Å². The van der Waals surface area contributed by atoms with Gasteiger partial charge in [-0.1, -0.05) is 0 Å². The van der Waals surface area contributed by atoms with Crippen molar-refractivity contribution in [3.63, 3.8) is 0 Å². The smallest absolute Gasteiger partial charge is 0.159 e. The van der Waals surface area contributed by atoms with Gasteiger partial charge >= 0.3 is 0 Å². The van der Waals surface area contributed by atoms with Crippen LogP contribution in [-0.2, 0) is 4.79 Å². The van der Waals surface area contributed by atoms with Gasteiger partial charge in [-0.25, -0.2) is 0 Å². The molecule has 0 amide bonds. The van der Waals surface area contributed by atoms with E-state index in [2.05, 4.69) is 5.18 Å². The molecule has 0 aromatic carbocycles. The third kappa shape index (κ3) is 1.32. The van der Waals surface area contributed by atoms with Gasteiger partial charge in [-0.3, -0.25) is 4.79 Å². The van der Waals surface area contributed by atoms with Crippen molar-refractivity contribution in [1.29, 1.82) is 0 Å². The minimum Gasteiger partial charge on any atom is -0.295 e. The Hall–Kier alpha value is -1.25. The highest BCUT2D eigenvalue weighted by molar-refractivity contribution is 5.92. The largest absolute Gasteiger partial charge is 0.295 e. The van der Waals surface area contributed by atoms with Crippen molar-refractivity contribution in [2.45, 2.75) is 6.42 Å². The average Bonchev–Trinajstić information content (AvgIpc) is 1.90. The highest BCUT2D eigenvalue weighted by atomic mass is 16.3. The normalized spacial score (nSPS) is 17.3. The molecular formula is C6H5NO2. The summed E-state index contributed by atoms with van der Waals surface area (Å²) in [4.78, 5) is 20.2. The van der Waals surface area contributed by atoms with Crippen LogP contribution in [0.2, 0.25) is 0 Å². The average molecular weight is 123 g/mol. The topological polar surface area (TPSA) is 46.5 Å². The van der Waals surface area contributed by atoms with Crippen molar-refractivity contribution in [2.75, 3.05) is 0 Å². The molecule has 0 radical (unpaired) electrons. The molecule has 0 aliphatic heterocycles. The van der Waals surface area contributed by atoms with Gasteiger partial charge in [-0.2, -0.15) is 0 Å². The van der Waals surface area contributed by atoms with Crippen LogP contribution < -0.4 is 0 Å². The van der Waals surface area contributed by atoms with Gasteiger partial charge in [0.2, 0.25) is 0 Å². The molecule has 1 aliphatic rings. The van der Waals surface area contributed by atoms with E-state index in [9.17, 15) is 9.70 Å². The summed E-state index contributed by atoms with van der Waals surface area (Å²) >= 11 is 0. The minimum atomic E-state index is 0.0161. The van der Waals surface area contributed by atoms with Crippen LogP contribution in [0.15, 0.2) is 29.1 Å². The molecule has 0 heterocycles. The van der Waals surface area contributed by atoms with E-state index < -0.39 is 0 Å². The lowest BCUT2D eigenvalue weighted by Gasteiger charge is -1.94. The van der Waals surface area contributed by atoms with Crippen molar-refractivity contribution >= 4 is 5.78 Å². The van der Waals surface area contributed by atoms with E-state index in [1.54, 1.807) is 0 Å². The highest BCUT2D eigenvalue weighted by Crippen LogP contribution is 2.06. The zero-order valence-electron chi connectivity index (χ0n) is 4.70. The summed E-state index contributed by atoms with van der Waals surface area (Å²) < 4.78 is 0. The second-order valence-electron chi connectivity index (χ2n) is 1.72. The van der Waals surface area contributed by atoms with Gasteiger partial charge in [0.25, 0.3) is 0 Å². The fraction of sp³-hybridized carbons (Fsp3) is 0.167. The maximum absolute atomic E-state index is 10.4. The van der Waals surface area contributed by atoms with Crippen LogP contribution in [0.4, 0.5) is 0 Å². The monoisotopic (exact) mass is 123 g/mol. The summed E-state index contributed by atoms with van der Waals surface area (Å²) in [5.41, 5.74) is 0.342. The van der Waals surface area contributed by atoms with Gasteiger partial charge in [0, 0.05) is 6.42 Å². The highest BCUT2D eigenvalue weighted by Gasteiger charge is 2.01. The zero-order chi connectivity index (χ0) is 6.69. The van der Waals surface area contributed by atoms with E-state index in [4.69, 9.17) is 0 Å². The molecule has 0 bridgehead atoms. The molecule has 1 aliphatic carbocycles. The fourth-order valence-corrected chi connectivity index (χ4v) is 0.587. The number of nitrogens with zero attached hydrogens (tertiary/aromatic N) is 1. The summed E-state index contributed by atoms with van der Waals surface area (Å²) in [6.07, 6.45) is 4.59. The summed E-state index contributed by atoms with van der Waals surface area (Å²) in [6.45, 7) is 0. The first-order valence-electron chi connectivity index (χ1n) is 2.57. The Labute approximate surface area is 52.0 Å². The quantitative estimate of drug-likeness (QED) is 0.491. The predicted molar refractivity (Wildman–Crippen MR) is 32.6 cm³/mol. The van der Waals surface area contributed by atoms with Crippen LogP contribution in [0.1, 0.15) is 6.42 Å². The molecule has 0 spiro atoms. The van der Waals surface area contributed by atoms with Crippen molar-refractivity contribution in [3.8, 4) is 0 Å². The van der Waals surface area contributed by atoms with Gasteiger partial charge < -0.3 is 0 Å². The molecule has 0 aromatic rings. The Kier molecular flexibility index (Phi) is 1.53. The molecule has 0 atom stereocenters. The van der Waals surface area contributed by atoms with Crippen molar-refractivity contribution in [3.05, 3.63) is 28.8 Å². The van der Waals surface area contributed by atoms with E-state index in [0.717, 1.165) is 0 Å². The van der Waals surface area contributed by atoms with Crippen molar-refractivity contribution < 1.29 is 4.79 Å². The third-order valence-corrected chi connectivity index (χ3v) is 1.06. The summed E-state index contributed by atoms with van der Waals surface area (Å²) in [5.74, 6) is 0.0161. The standard InChI is InChI=1S/C6H5NO2/c8-6-3-1-5(7-9)2-4-6/h1-3H,4H2. The lowest BCUT2D eigenvalue weighted by atomic mass is 10.1. The maximum atomic E-state index is 10.4. The van der Waals surface area contributed by atoms with Crippen molar-refractivity contribution in [1.82, 2.24) is 0 Å². The SMILES string of the molecule is O=NC1=CCC(=O)C=C1. The second-order valence-corrected chi connectivity index (χ2v) is 1.72. The van der Waals surface area contributed by atoms with Crippen LogP contribution in [0.5, 0.6) is 0 Å². The summed E-state index contributed by atoms with van der Waals surface area (Å²) in [5, 5.41) is 2.65. The summed E-state index contributed by atoms with van der Waals surface area (Å²) in [6, 6.07) is 0. The molecule has 0 aromatic heterocycles. The Bertz CT molecular complexity index is 203. The zero-order valence-corrected chi connectivity index (χ0v) is 4.70. The Morgan fingerprint density at radius 3 is 2.67 bits per heavy atom. The van der Waals surface area contributed by atoms with E-state index in [0.29, 0.717) is 12.1 Å². The van der Waals surface area contributed by atoms with Crippen LogP contribution in [0, 0.1) is 4.91 Å². The minimum absolute atomic E-state index is 0.0161. The number of nitroso groups, excluding NO2 is 1. The Morgan fingerprint density at radius 2 is 2.22 bits per heavy atom. The lowest BCUT2D eigenvalue weighted by Crippen LogP contribution is -1.94. The number of carbonyl (C=O) groups is 1. The van der Waals surface area contributed by atoms with Gasteiger partial charge in [0.05, 0.1) is 0 Å². The van der Waals surface area contributed by atoms with Crippen molar-refractivity contribution in [2.24, 2.45) is 5.18 Å². The molecule has 0 unspecified atom stereocenters. The number of hydrogen-bond acceptors (Lipinski definition) is 3. The number of allylic oxidation sites excluding steroid dienone is 3.